The zero-order chi connectivity index (χ0) is 17.8. The van der Waals surface area contributed by atoms with Crippen LogP contribution in [0.5, 0.6) is 11.8 Å². The first-order valence-electron chi connectivity index (χ1n) is 9.25. The maximum atomic E-state index is 5.27. The summed E-state index contributed by atoms with van der Waals surface area (Å²) in [5.74, 6) is 2.55. The van der Waals surface area contributed by atoms with Gasteiger partial charge < -0.3 is 19.3 Å². The standard InChI is InChI=1S/C18H31N5O2/c1-14(22-11-9-21(2)10-12-22)15-5-7-23(8-6-15)18-19-16(24-3)13-17(20-18)25-4/h13-15H,5-12H2,1-4H3/t14-/m1/s1. The average Bonchev–Trinajstić information content (AvgIpc) is 2.67. The predicted octanol–water partition coefficient (Wildman–Crippen LogP) is 1.35. The minimum atomic E-state index is 0.551. The van der Waals surface area contributed by atoms with Gasteiger partial charge in [-0.2, -0.15) is 9.97 Å². The van der Waals surface area contributed by atoms with Gasteiger partial charge in [0.15, 0.2) is 0 Å². The highest BCUT2D eigenvalue weighted by Gasteiger charge is 2.30. The van der Waals surface area contributed by atoms with Crippen molar-refractivity contribution in [2.24, 2.45) is 5.92 Å². The highest BCUT2D eigenvalue weighted by molar-refractivity contribution is 5.37. The molecular weight excluding hydrogens is 318 g/mol. The van der Waals surface area contributed by atoms with E-state index in [0.29, 0.717) is 23.8 Å². The summed E-state index contributed by atoms with van der Waals surface area (Å²) in [5.41, 5.74) is 0. The smallest absolute Gasteiger partial charge is 0.231 e. The molecule has 1 atom stereocenters. The van der Waals surface area contributed by atoms with Crippen LogP contribution in [0.2, 0.25) is 0 Å². The lowest BCUT2D eigenvalue weighted by molar-refractivity contribution is 0.0813. The summed E-state index contributed by atoms with van der Waals surface area (Å²) in [7, 11) is 5.45. The van der Waals surface area contributed by atoms with Gasteiger partial charge in [-0.15, -0.1) is 0 Å². The zero-order valence-corrected chi connectivity index (χ0v) is 15.9. The second kappa shape index (κ2) is 8.19. The highest BCUT2D eigenvalue weighted by Crippen LogP contribution is 2.28. The Morgan fingerprint density at radius 1 is 0.960 bits per heavy atom. The predicted molar refractivity (Wildman–Crippen MR) is 98.6 cm³/mol. The van der Waals surface area contributed by atoms with Gasteiger partial charge in [0.25, 0.3) is 0 Å². The van der Waals surface area contributed by atoms with Crippen LogP contribution in [0.3, 0.4) is 0 Å². The quantitative estimate of drug-likeness (QED) is 0.795. The fraction of sp³-hybridized carbons (Fsp3) is 0.778. The van der Waals surface area contributed by atoms with Crippen molar-refractivity contribution in [1.29, 1.82) is 0 Å². The molecule has 7 nitrogen and oxygen atoms in total. The van der Waals surface area contributed by atoms with E-state index in [1.807, 2.05) is 0 Å². The molecule has 1 aromatic heterocycles. The molecule has 2 aliphatic rings. The number of hydrogen-bond acceptors (Lipinski definition) is 7. The molecule has 1 aromatic rings. The van der Waals surface area contributed by atoms with E-state index in [1.54, 1.807) is 20.3 Å². The number of nitrogens with zero attached hydrogens (tertiary/aromatic N) is 5. The van der Waals surface area contributed by atoms with Gasteiger partial charge in [0.05, 0.1) is 20.3 Å². The number of hydrogen-bond donors (Lipinski definition) is 0. The molecule has 3 heterocycles. The Bertz CT molecular complexity index is 532. The van der Waals surface area contributed by atoms with Gasteiger partial charge in [-0.3, -0.25) is 4.90 Å². The second-order valence-electron chi connectivity index (χ2n) is 7.16. The monoisotopic (exact) mass is 349 g/mol. The summed E-state index contributed by atoms with van der Waals surface area (Å²) >= 11 is 0. The van der Waals surface area contributed by atoms with Crippen LogP contribution in [0, 0.1) is 5.92 Å². The topological polar surface area (TPSA) is 54.0 Å². The third-order valence-corrected chi connectivity index (χ3v) is 5.70. The van der Waals surface area contributed by atoms with E-state index < -0.39 is 0 Å². The Hall–Kier alpha value is -1.60. The summed E-state index contributed by atoms with van der Waals surface area (Å²) in [5, 5.41) is 0. The third-order valence-electron chi connectivity index (χ3n) is 5.70. The van der Waals surface area contributed by atoms with Gasteiger partial charge in [0.2, 0.25) is 17.7 Å². The maximum absolute atomic E-state index is 5.27. The minimum absolute atomic E-state index is 0.551. The van der Waals surface area contributed by atoms with Crippen molar-refractivity contribution >= 4 is 5.95 Å². The van der Waals surface area contributed by atoms with Gasteiger partial charge in [-0.25, -0.2) is 0 Å². The molecule has 0 aromatic carbocycles. The molecule has 0 radical (unpaired) electrons. The third kappa shape index (κ3) is 4.33. The number of piperidine rings is 1. The lowest BCUT2D eigenvalue weighted by atomic mass is 9.89. The summed E-state index contributed by atoms with van der Waals surface area (Å²) in [6.45, 7) is 9.11. The molecule has 140 valence electrons. The Kier molecular flexibility index (Phi) is 5.96. The molecule has 0 unspecified atom stereocenters. The van der Waals surface area contributed by atoms with Crippen LogP contribution in [-0.4, -0.2) is 86.3 Å². The molecule has 0 saturated carbocycles. The molecule has 2 fully saturated rings. The molecule has 0 spiro atoms. The van der Waals surface area contributed by atoms with E-state index in [1.165, 1.54) is 39.0 Å². The molecule has 2 saturated heterocycles. The van der Waals surface area contributed by atoms with Gasteiger partial charge in [-0.1, -0.05) is 0 Å². The van der Waals surface area contributed by atoms with Crippen molar-refractivity contribution in [3.05, 3.63) is 6.07 Å². The van der Waals surface area contributed by atoms with Crippen LogP contribution in [0.25, 0.3) is 0 Å². The summed E-state index contributed by atoms with van der Waals surface area (Å²) in [6, 6.07) is 2.36. The largest absolute Gasteiger partial charge is 0.481 e. The van der Waals surface area contributed by atoms with E-state index >= 15 is 0 Å². The first-order valence-corrected chi connectivity index (χ1v) is 9.25. The van der Waals surface area contributed by atoms with Crippen molar-refractivity contribution in [2.45, 2.75) is 25.8 Å². The summed E-state index contributed by atoms with van der Waals surface area (Å²) < 4.78 is 10.5. The van der Waals surface area contributed by atoms with Crippen LogP contribution in [0.15, 0.2) is 6.07 Å². The number of piperazine rings is 1. The molecule has 2 aliphatic heterocycles. The van der Waals surface area contributed by atoms with Crippen LogP contribution < -0.4 is 14.4 Å². The van der Waals surface area contributed by atoms with Gasteiger partial charge in [-0.05, 0) is 32.7 Å². The fourth-order valence-electron chi connectivity index (χ4n) is 3.85. The number of anilines is 1. The molecule has 0 N–H and O–H groups in total. The molecule has 25 heavy (non-hydrogen) atoms. The Labute approximate surface area is 150 Å². The van der Waals surface area contributed by atoms with E-state index in [4.69, 9.17) is 9.47 Å². The van der Waals surface area contributed by atoms with Crippen molar-refractivity contribution in [3.8, 4) is 11.8 Å². The number of methoxy groups -OCH3 is 2. The molecule has 0 amide bonds. The van der Waals surface area contributed by atoms with E-state index in [9.17, 15) is 0 Å². The first kappa shape index (κ1) is 18.2. The van der Waals surface area contributed by atoms with Crippen molar-refractivity contribution < 1.29 is 9.47 Å². The van der Waals surface area contributed by atoms with E-state index in [2.05, 4.69) is 38.6 Å². The SMILES string of the molecule is COc1cc(OC)nc(N2CCC([C@@H](C)N3CCN(C)CC3)CC2)n1. The number of rotatable bonds is 5. The van der Waals surface area contributed by atoms with Gasteiger partial charge in [0, 0.05) is 45.3 Å². The van der Waals surface area contributed by atoms with Crippen LogP contribution in [0.1, 0.15) is 19.8 Å². The lowest BCUT2D eigenvalue weighted by Crippen LogP contribution is -2.51. The molecular formula is C18H31N5O2. The summed E-state index contributed by atoms with van der Waals surface area (Å²) in [6.07, 6.45) is 2.35. The Balaban J connectivity index is 1.58. The van der Waals surface area contributed by atoms with Crippen molar-refractivity contribution in [3.63, 3.8) is 0 Å². The van der Waals surface area contributed by atoms with Crippen LogP contribution in [-0.2, 0) is 0 Å². The van der Waals surface area contributed by atoms with E-state index in [0.717, 1.165) is 19.0 Å². The summed E-state index contributed by atoms with van der Waals surface area (Å²) in [4.78, 5) is 16.3. The van der Waals surface area contributed by atoms with Crippen LogP contribution in [0.4, 0.5) is 5.95 Å². The fourth-order valence-corrected chi connectivity index (χ4v) is 3.85. The Morgan fingerprint density at radius 3 is 2.04 bits per heavy atom. The minimum Gasteiger partial charge on any atom is -0.481 e. The Morgan fingerprint density at radius 2 is 1.52 bits per heavy atom. The van der Waals surface area contributed by atoms with Crippen molar-refractivity contribution in [1.82, 2.24) is 19.8 Å². The zero-order valence-electron chi connectivity index (χ0n) is 15.9. The average molecular weight is 349 g/mol. The highest BCUT2D eigenvalue weighted by atomic mass is 16.5. The van der Waals surface area contributed by atoms with Crippen LogP contribution >= 0.6 is 0 Å². The number of likely N-dealkylation sites (N-methyl/N-ethyl adjacent to an activating group) is 1. The maximum Gasteiger partial charge on any atom is 0.231 e. The van der Waals surface area contributed by atoms with E-state index in [-0.39, 0.29) is 0 Å². The number of ether oxygens (including phenoxy) is 2. The lowest BCUT2D eigenvalue weighted by Gasteiger charge is -2.42. The normalized spacial score (nSPS) is 22.0. The van der Waals surface area contributed by atoms with Gasteiger partial charge >= 0.3 is 0 Å². The first-order chi connectivity index (χ1) is 12.1. The molecule has 0 bridgehead atoms. The molecule has 0 aliphatic carbocycles. The second-order valence-corrected chi connectivity index (χ2v) is 7.16. The molecule has 7 heteroatoms. The van der Waals surface area contributed by atoms with Crippen molar-refractivity contribution in [2.75, 3.05) is 65.4 Å². The number of aromatic nitrogens is 2. The molecule has 3 rings (SSSR count). The van der Waals surface area contributed by atoms with Gasteiger partial charge in [0.1, 0.15) is 0 Å².